The minimum atomic E-state index is -0.101. The lowest BCUT2D eigenvalue weighted by molar-refractivity contribution is -0.121. The number of hydrogen-bond donors (Lipinski definition) is 0. The number of nitrogens with zero attached hydrogens (tertiary/aromatic N) is 1. The molecule has 4 nitrogen and oxygen atoms in total. The number of thioether (sulfide) groups is 1. The van der Waals surface area contributed by atoms with Gasteiger partial charge in [-0.2, -0.15) is 0 Å². The van der Waals surface area contributed by atoms with Crippen LogP contribution in [0.25, 0.3) is 6.08 Å². The topological polar surface area (TPSA) is 38.8 Å². The van der Waals surface area contributed by atoms with Crippen LogP contribution in [0.5, 0.6) is 11.5 Å². The first-order chi connectivity index (χ1) is 13.9. The summed E-state index contributed by atoms with van der Waals surface area (Å²) in [5.41, 5.74) is 1.58. The Kier molecular flexibility index (Phi) is 7.46. The van der Waals surface area contributed by atoms with Gasteiger partial charge in [0.15, 0.2) is 11.5 Å². The van der Waals surface area contributed by atoms with E-state index in [1.165, 1.54) is 11.8 Å². The molecule has 1 aliphatic heterocycles. The first-order valence-electron chi connectivity index (χ1n) is 9.02. The van der Waals surface area contributed by atoms with Gasteiger partial charge in [0.1, 0.15) is 10.9 Å². The predicted molar refractivity (Wildman–Crippen MR) is 124 cm³/mol. The van der Waals surface area contributed by atoms with Gasteiger partial charge in [0.25, 0.3) is 5.91 Å². The lowest BCUT2D eigenvalue weighted by atomic mass is 10.1. The molecule has 2 aromatic carbocycles. The van der Waals surface area contributed by atoms with Crippen LogP contribution < -0.4 is 9.47 Å². The lowest BCUT2D eigenvalue weighted by Crippen LogP contribution is -2.27. The number of ether oxygens (including phenoxy) is 2. The maximum atomic E-state index is 12.5. The van der Waals surface area contributed by atoms with Crippen LogP contribution in [0.4, 0.5) is 0 Å². The summed E-state index contributed by atoms with van der Waals surface area (Å²) in [6.07, 6.45) is 1.77. The summed E-state index contributed by atoms with van der Waals surface area (Å²) in [4.78, 5) is 14.6. The molecule has 29 heavy (non-hydrogen) atoms. The maximum absolute atomic E-state index is 12.5. The van der Waals surface area contributed by atoms with E-state index in [9.17, 15) is 4.79 Å². The summed E-state index contributed by atoms with van der Waals surface area (Å²) in [5.74, 6) is 0.839. The molecule has 1 aliphatic rings. The Bertz CT molecular complexity index is 978. The third-order valence-electron chi connectivity index (χ3n) is 4.15. The first kappa shape index (κ1) is 22.0. The molecule has 0 aliphatic carbocycles. The van der Waals surface area contributed by atoms with Crippen molar-refractivity contribution in [2.75, 3.05) is 13.2 Å². The Morgan fingerprint density at radius 2 is 1.90 bits per heavy atom. The van der Waals surface area contributed by atoms with Gasteiger partial charge in [-0.05, 0) is 43.7 Å². The fourth-order valence-corrected chi connectivity index (χ4v) is 4.61. The number of carbonyl (C=O) groups is 1. The summed E-state index contributed by atoms with van der Waals surface area (Å²) >= 11 is 19.2. The quantitative estimate of drug-likeness (QED) is 0.358. The second kappa shape index (κ2) is 9.85. The highest BCUT2D eigenvalue weighted by Gasteiger charge is 2.30. The van der Waals surface area contributed by atoms with Crippen LogP contribution >= 0.6 is 47.2 Å². The van der Waals surface area contributed by atoms with E-state index in [1.54, 1.807) is 29.2 Å². The number of hydrogen-bond acceptors (Lipinski definition) is 5. The van der Waals surface area contributed by atoms with Crippen molar-refractivity contribution in [3.8, 4) is 11.5 Å². The summed E-state index contributed by atoms with van der Waals surface area (Å²) in [6.45, 7) is 5.02. The van der Waals surface area contributed by atoms with Gasteiger partial charge >= 0.3 is 0 Å². The van der Waals surface area contributed by atoms with Gasteiger partial charge in [-0.15, -0.1) is 0 Å². The molecule has 1 saturated heterocycles. The zero-order valence-electron chi connectivity index (χ0n) is 15.9. The molecule has 0 atom stereocenters. The maximum Gasteiger partial charge on any atom is 0.266 e. The number of halogens is 2. The van der Waals surface area contributed by atoms with Crippen LogP contribution in [-0.2, 0) is 11.4 Å². The van der Waals surface area contributed by atoms with E-state index in [1.807, 2.05) is 32.0 Å². The summed E-state index contributed by atoms with van der Waals surface area (Å²) in [7, 11) is 0. The number of amides is 1. The van der Waals surface area contributed by atoms with Gasteiger partial charge in [0.2, 0.25) is 0 Å². The Labute approximate surface area is 189 Å². The standard InChI is InChI=1S/C21H19Cl2NO3S2/c1-3-24-20(25)18(29-21(24)28)11-13-9-16(23)19(17(10-13)26-4-2)27-12-14-7-5-6-8-15(14)22/h5-11H,3-4,12H2,1-2H3/b18-11+. The molecule has 0 bridgehead atoms. The highest BCUT2D eigenvalue weighted by atomic mass is 35.5. The Balaban J connectivity index is 1.89. The third kappa shape index (κ3) is 5.07. The van der Waals surface area contributed by atoms with Crippen molar-refractivity contribution in [1.82, 2.24) is 4.90 Å². The van der Waals surface area contributed by atoms with Gasteiger partial charge in [-0.1, -0.05) is 65.4 Å². The molecule has 1 amide bonds. The van der Waals surface area contributed by atoms with E-state index in [0.717, 1.165) is 11.1 Å². The van der Waals surface area contributed by atoms with Crippen molar-refractivity contribution in [2.45, 2.75) is 20.5 Å². The average Bonchev–Trinajstić information content (AvgIpc) is 2.95. The molecule has 0 radical (unpaired) electrons. The Hall–Kier alpha value is -1.73. The smallest absolute Gasteiger partial charge is 0.266 e. The molecule has 152 valence electrons. The van der Waals surface area contributed by atoms with Crippen molar-refractivity contribution >= 4 is 63.5 Å². The van der Waals surface area contributed by atoms with Crippen LogP contribution in [0.15, 0.2) is 41.3 Å². The highest BCUT2D eigenvalue weighted by Crippen LogP contribution is 2.39. The van der Waals surface area contributed by atoms with Crippen LogP contribution in [-0.4, -0.2) is 28.3 Å². The average molecular weight is 468 g/mol. The number of likely N-dealkylation sites (N-methyl/N-ethyl adjacent to an activating group) is 1. The lowest BCUT2D eigenvalue weighted by Gasteiger charge is -2.15. The van der Waals surface area contributed by atoms with Gasteiger partial charge in [0, 0.05) is 17.1 Å². The van der Waals surface area contributed by atoms with Crippen LogP contribution in [0.2, 0.25) is 10.0 Å². The number of carbonyl (C=O) groups excluding carboxylic acids is 1. The molecular weight excluding hydrogens is 449 g/mol. The zero-order chi connectivity index (χ0) is 21.0. The van der Waals surface area contributed by atoms with E-state index in [-0.39, 0.29) is 12.5 Å². The summed E-state index contributed by atoms with van der Waals surface area (Å²) < 4.78 is 12.2. The van der Waals surface area contributed by atoms with E-state index >= 15 is 0 Å². The van der Waals surface area contributed by atoms with Crippen molar-refractivity contribution in [3.05, 3.63) is 62.5 Å². The molecule has 0 N–H and O–H groups in total. The monoisotopic (exact) mass is 467 g/mol. The molecule has 1 fully saturated rings. The van der Waals surface area contributed by atoms with Crippen molar-refractivity contribution < 1.29 is 14.3 Å². The number of thiocarbonyl (C=S) groups is 1. The molecule has 8 heteroatoms. The molecule has 0 unspecified atom stereocenters. The highest BCUT2D eigenvalue weighted by molar-refractivity contribution is 8.26. The number of rotatable bonds is 7. The van der Waals surface area contributed by atoms with Crippen molar-refractivity contribution in [3.63, 3.8) is 0 Å². The molecule has 0 aromatic heterocycles. The van der Waals surface area contributed by atoms with Gasteiger partial charge in [0.05, 0.1) is 16.5 Å². The second-order valence-corrected chi connectivity index (χ2v) is 8.56. The predicted octanol–water partition coefficient (Wildman–Crippen LogP) is 6.19. The SMILES string of the molecule is CCOc1cc(/C=C2/SC(=S)N(CC)C2=O)cc(Cl)c1OCc1ccccc1Cl. The van der Waals surface area contributed by atoms with Crippen molar-refractivity contribution in [1.29, 1.82) is 0 Å². The van der Waals surface area contributed by atoms with E-state index in [2.05, 4.69) is 0 Å². The van der Waals surface area contributed by atoms with Crippen LogP contribution in [0, 0.1) is 0 Å². The normalized spacial score (nSPS) is 15.3. The third-order valence-corrected chi connectivity index (χ3v) is 6.18. The minimum Gasteiger partial charge on any atom is -0.490 e. The van der Waals surface area contributed by atoms with Crippen LogP contribution in [0.1, 0.15) is 25.0 Å². The van der Waals surface area contributed by atoms with E-state index in [4.69, 9.17) is 44.9 Å². The van der Waals surface area contributed by atoms with Gasteiger partial charge in [-0.3, -0.25) is 9.69 Å². The molecular formula is C21H19Cl2NO3S2. The fourth-order valence-electron chi connectivity index (χ4n) is 2.76. The van der Waals surface area contributed by atoms with E-state index in [0.29, 0.717) is 43.9 Å². The minimum absolute atomic E-state index is 0.101. The fraction of sp³-hybridized carbons (Fsp3) is 0.238. The van der Waals surface area contributed by atoms with Gasteiger partial charge < -0.3 is 9.47 Å². The number of benzene rings is 2. The summed E-state index contributed by atoms with van der Waals surface area (Å²) in [5, 5.41) is 1.01. The van der Waals surface area contributed by atoms with E-state index < -0.39 is 0 Å². The van der Waals surface area contributed by atoms with Crippen molar-refractivity contribution in [2.24, 2.45) is 0 Å². The Morgan fingerprint density at radius 3 is 2.55 bits per heavy atom. The molecule has 1 heterocycles. The first-order valence-corrected chi connectivity index (χ1v) is 11.0. The second-order valence-electron chi connectivity index (χ2n) is 6.07. The molecule has 2 aromatic rings. The largest absolute Gasteiger partial charge is 0.490 e. The molecule has 0 spiro atoms. The molecule has 0 saturated carbocycles. The van der Waals surface area contributed by atoms with Gasteiger partial charge in [-0.25, -0.2) is 0 Å². The summed E-state index contributed by atoms with van der Waals surface area (Å²) in [6, 6.07) is 11.0. The zero-order valence-corrected chi connectivity index (χ0v) is 19.1. The Morgan fingerprint density at radius 1 is 1.14 bits per heavy atom. The molecule has 3 rings (SSSR count). The van der Waals surface area contributed by atoms with Crippen LogP contribution in [0.3, 0.4) is 0 Å².